The minimum Gasteiger partial charge on any atom is -0.369 e. The van der Waals surface area contributed by atoms with E-state index in [1.165, 1.54) is 5.69 Å². The first-order valence-corrected chi connectivity index (χ1v) is 6.01. The van der Waals surface area contributed by atoms with Crippen molar-refractivity contribution >= 4 is 36.4 Å². The van der Waals surface area contributed by atoms with Crippen molar-refractivity contribution in [2.75, 3.05) is 38.1 Å². The Bertz CT molecular complexity index is 420. The fourth-order valence-corrected chi connectivity index (χ4v) is 2.20. The largest absolute Gasteiger partial charge is 0.369 e. The van der Waals surface area contributed by atoms with Crippen molar-refractivity contribution in [3.05, 3.63) is 29.3 Å². The van der Waals surface area contributed by atoms with Crippen LogP contribution in [0.3, 0.4) is 0 Å². The molecule has 1 aromatic rings. The molecule has 0 aliphatic carbocycles. The predicted octanol–water partition coefficient (Wildman–Crippen LogP) is 1.61. The van der Waals surface area contributed by atoms with Crippen molar-refractivity contribution < 1.29 is 4.79 Å². The first-order chi connectivity index (χ1) is 8.22. The number of halogens is 2. The summed E-state index contributed by atoms with van der Waals surface area (Å²) in [6.07, 6.45) is 0. The van der Waals surface area contributed by atoms with Crippen LogP contribution in [0.2, 0.25) is 0 Å². The number of rotatable bonds is 2. The number of carbonyl (C=O) groups excluding carboxylic acids is 1. The van der Waals surface area contributed by atoms with Crippen molar-refractivity contribution in [3.63, 3.8) is 0 Å². The lowest BCUT2D eigenvalue weighted by atomic mass is 10.1. The molecule has 0 atom stereocenters. The molecule has 108 valence electrons. The van der Waals surface area contributed by atoms with Crippen LogP contribution in [0, 0.1) is 6.92 Å². The van der Waals surface area contributed by atoms with Crippen LogP contribution in [-0.4, -0.2) is 39.1 Å². The van der Waals surface area contributed by atoms with Gasteiger partial charge in [-0.05, 0) is 30.7 Å². The topological polar surface area (TPSA) is 44.4 Å². The molecule has 0 bridgehead atoms. The van der Waals surface area contributed by atoms with Crippen molar-refractivity contribution in [1.29, 1.82) is 0 Å². The fourth-order valence-electron chi connectivity index (χ4n) is 2.20. The van der Waals surface area contributed by atoms with Crippen LogP contribution in [0.5, 0.6) is 0 Å². The zero-order valence-corrected chi connectivity index (χ0v) is 12.9. The summed E-state index contributed by atoms with van der Waals surface area (Å²) in [6.45, 7) is 6.16. The second-order valence-electron chi connectivity index (χ2n) is 4.32. The van der Waals surface area contributed by atoms with Gasteiger partial charge in [0.15, 0.2) is 0 Å². The minimum absolute atomic E-state index is 0. The van der Waals surface area contributed by atoms with Crippen LogP contribution in [0.15, 0.2) is 18.2 Å². The van der Waals surface area contributed by atoms with Gasteiger partial charge in [0.25, 0.3) is 5.91 Å². The molecule has 1 aliphatic rings. The quantitative estimate of drug-likeness (QED) is 0.872. The molecule has 6 heteroatoms. The van der Waals surface area contributed by atoms with E-state index in [9.17, 15) is 4.79 Å². The molecule has 0 radical (unpaired) electrons. The molecule has 19 heavy (non-hydrogen) atoms. The lowest BCUT2D eigenvalue weighted by Gasteiger charge is -2.30. The number of piperazine rings is 1. The molecule has 0 aromatic heterocycles. The van der Waals surface area contributed by atoms with Gasteiger partial charge in [-0.15, -0.1) is 24.8 Å². The van der Waals surface area contributed by atoms with Gasteiger partial charge < -0.3 is 15.5 Å². The summed E-state index contributed by atoms with van der Waals surface area (Å²) in [5.74, 6) is -0.0278. The molecule has 0 saturated carbocycles. The van der Waals surface area contributed by atoms with Crippen LogP contribution >= 0.6 is 24.8 Å². The van der Waals surface area contributed by atoms with Gasteiger partial charge in [0.1, 0.15) is 0 Å². The normalized spacial score (nSPS) is 14.1. The summed E-state index contributed by atoms with van der Waals surface area (Å²) in [5.41, 5.74) is 3.12. The summed E-state index contributed by atoms with van der Waals surface area (Å²) in [4.78, 5) is 13.9. The molecule has 2 N–H and O–H groups in total. The standard InChI is InChI=1S/C13H19N3O.2ClH/c1-10-9-11(13(17)14-2)3-4-12(10)16-7-5-15-6-8-16;;/h3-4,9,15H,5-8H2,1-2H3,(H,14,17);2*1H. The highest BCUT2D eigenvalue weighted by molar-refractivity contribution is 5.94. The van der Waals surface area contributed by atoms with Crippen LogP contribution in [0.25, 0.3) is 0 Å². The Morgan fingerprint density at radius 3 is 2.42 bits per heavy atom. The first-order valence-electron chi connectivity index (χ1n) is 6.01. The molecule has 4 nitrogen and oxygen atoms in total. The SMILES string of the molecule is CNC(=O)c1ccc(N2CCNCC2)c(C)c1.Cl.Cl. The molecule has 1 aliphatic heterocycles. The number of aryl methyl sites for hydroxylation is 1. The first kappa shape index (κ1) is 18.0. The Hall–Kier alpha value is -0.970. The molecule has 1 saturated heterocycles. The second kappa shape index (κ2) is 8.25. The molecule has 1 heterocycles. The van der Waals surface area contributed by atoms with E-state index in [2.05, 4.69) is 22.5 Å². The van der Waals surface area contributed by atoms with Crippen molar-refractivity contribution in [2.24, 2.45) is 0 Å². The third-order valence-electron chi connectivity index (χ3n) is 3.14. The number of benzene rings is 1. The third-order valence-corrected chi connectivity index (χ3v) is 3.14. The van der Waals surface area contributed by atoms with E-state index in [0.29, 0.717) is 0 Å². The number of nitrogens with one attached hydrogen (secondary N) is 2. The number of hydrogen-bond acceptors (Lipinski definition) is 3. The van der Waals surface area contributed by atoms with Crippen LogP contribution < -0.4 is 15.5 Å². The van der Waals surface area contributed by atoms with E-state index in [1.54, 1.807) is 7.05 Å². The summed E-state index contributed by atoms with van der Waals surface area (Å²) in [5, 5.41) is 5.98. The zero-order chi connectivity index (χ0) is 12.3. The number of carbonyl (C=O) groups is 1. The lowest BCUT2D eigenvalue weighted by Crippen LogP contribution is -2.43. The maximum Gasteiger partial charge on any atom is 0.251 e. The third kappa shape index (κ3) is 4.27. The van der Waals surface area contributed by atoms with Gasteiger partial charge in [0, 0.05) is 44.5 Å². The van der Waals surface area contributed by atoms with Crippen molar-refractivity contribution in [1.82, 2.24) is 10.6 Å². The van der Waals surface area contributed by atoms with Crippen LogP contribution in [0.1, 0.15) is 15.9 Å². The van der Waals surface area contributed by atoms with Crippen molar-refractivity contribution in [2.45, 2.75) is 6.92 Å². The highest BCUT2D eigenvalue weighted by Gasteiger charge is 2.13. The Balaban J connectivity index is 0.00000162. The van der Waals surface area contributed by atoms with E-state index in [1.807, 2.05) is 18.2 Å². The van der Waals surface area contributed by atoms with Gasteiger partial charge in [0.2, 0.25) is 0 Å². The zero-order valence-electron chi connectivity index (χ0n) is 11.2. The number of amides is 1. The summed E-state index contributed by atoms with van der Waals surface area (Å²) >= 11 is 0. The highest BCUT2D eigenvalue weighted by atomic mass is 35.5. The summed E-state index contributed by atoms with van der Waals surface area (Å²) in [6, 6.07) is 5.89. The maximum absolute atomic E-state index is 11.5. The van der Waals surface area contributed by atoms with Gasteiger partial charge in [-0.1, -0.05) is 0 Å². The molecule has 1 aromatic carbocycles. The average molecular weight is 306 g/mol. The van der Waals surface area contributed by atoms with E-state index >= 15 is 0 Å². The Morgan fingerprint density at radius 1 is 1.26 bits per heavy atom. The van der Waals surface area contributed by atoms with Gasteiger partial charge in [0.05, 0.1) is 0 Å². The van der Waals surface area contributed by atoms with Crippen molar-refractivity contribution in [3.8, 4) is 0 Å². The number of anilines is 1. The molecule has 2 rings (SSSR count). The van der Waals surface area contributed by atoms with Gasteiger partial charge >= 0.3 is 0 Å². The van der Waals surface area contributed by atoms with Gasteiger partial charge in [-0.3, -0.25) is 4.79 Å². The van der Waals surface area contributed by atoms with Crippen LogP contribution in [-0.2, 0) is 0 Å². The summed E-state index contributed by atoms with van der Waals surface area (Å²) in [7, 11) is 1.65. The smallest absolute Gasteiger partial charge is 0.251 e. The second-order valence-corrected chi connectivity index (χ2v) is 4.32. The highest BCUT2D eigenvalue weighted by Crippen LogP contribution is 2.21. The molecule has 0 spiro atoms. The van der Waals surface area contributed by atoms with Gasteiger partial charge in [-0.25, -0.2) is 0 Å². The molecular formula is C13H21Cl2N3O. The summed E-state index contributed by atoms with van der Waals surface area (Å²) < 4.78 is 0. The van der Waals surface area contributed by atoms with E-state index in [4.69, 9.17) is 0 Å². The number of nitrogens with zero attached hydrogens (tertiary/aromatic N) is 1. The monoisotopic (exact) mass is 305 g/mol. The molecule has 0 unspecified atom stereocenters. The van der Waals surface area contributed by atoms with E-state index in [0.717, 1.165) is 37.3 Å². The fraction of sp³-hybridized carbons (Fsp3) is 0.462. The van der Waals surface area contributed by atoms with Crippen LogP contribution in [0.4, 0.5) is 5.69 Å². The maximum atomic E-state index is 11.5. The number of hydrogen-bond donors (Lipinski definition) is 2. The molecular weight excluding hydrogens is 285 g/mol. The van der Waals surface area contributed by atoms with Gasteiger partial charge in [-0.2, -0.15) is 0 Å². The Morgan fingerprint density at radius 2 is 1.89 bits per heavy atom. The minimum atomic E-state index is -0.0278. The predicted molar refractivity (Wildman–Crippen MR) is 84.1 cm³/mol. The van der Waals surface area contributed by atoms with E-state index in [-0.39, 0.29) is 30.7 Å². The lowest BCUT2D eigenvalue weighted by molar-refractivity contribution is 0.0963. The molecule has 1 fully saturated rings. The Labute approximate surface area is 126 Å². The van der Waals surface area contributed by atoms with E-state index < -0.39 is 0 Å². The molecule has 1 amide bonds. The average Bonchev–Trinajstić information content (AvgIpc) is 2.38. The Kier molecular flexibility index (Phi) is 7.83.